The molecule has 2 N–H and O–H groups in total. The molecular weight excluding hydrogens is 246 g/mol. The van der Waals surface area contributed by atoms with E-state index in [1.807, 2.05) is 0 Å². The second kappa shape index (κ2) is 5.80. The summed E-state index contributed by atoms with van der Waals surface area (Å²) < 4.78 is 7.98. The Hall–Kier alpha value is -0.390. The molecule has 1 aliphatic rings. The molecule has 0 amide bonds. The van der Waals surface area contributed by atoms with Crippen molar-refractivity contribution in [1.82, 2.24) is 8.75 Å². The molecule has 2 atom stereocenters. The first-order valence-corrected chi connectivity index (χ1v) is 6.75. The van der Waals surface area contributed by atoms with E-state index < -0.39 is 0 Å². The van der Waals surface area contributed by atoms with Crippen molar-refractivity contribution in [3.8, 4) is 0 Å². The molecule has 0 radical (unpaired) electrons. The van der Waals surface area contributed by atoms with Gasteiger partial charge in [0, 0.05) is 13.2 Å². The maximum atomic E-state index is 9.29. The molecule has 2 rings (SSSR count). The molecule has 16 heavy (non-hydrogen) atoms. The fourth-order valence-corrected chi connectivity index (χ4v) is 2.99. The molecule has 0 spiro atoms. The molecular formula is C10H16ClN3OS. The number of nitrogens with zero attached hydrogens (tertiary/aromatic N) is 2. The number of halogens is 1. The van der Waals surface area contributed by atoms with Crippen LogP contribution < -0.4 is 5.32 Å². The Labute approximate surface area is 104 Å². The van der Waals surface area contributed by atoms with Crippen molar-refractivity contribution in [1.29, 1.82) is 0 Å². The van der Waals surface area contributed by atoms with Gasteiger partial charge in [-0.15, -0.1) is 0 Å². The normalized spacial score (nSPS) is 25.6. The lowest BCUT2D eigenvalue weighted by Crippen LogP contribution is -2.28. The number of hydrogen-bond donors (Lipinski definition) is 2. The minimum Gasteiger partial charge on any atom is -0.396 e. The number of aliphatic hydroxyl groups is 1. The van der Waals surface area contributed by atoms with Gasteiger partial charge in [-0.25, -0.2) is 0 Å². The van der Waals surface area contributed by atoms with Gasteiger partial charge in [0.1, 0.15) is 0 Å². The quantitative estimate of drug-likeness (QED) is 0.874. The van der Waals surface area contributed by atoms with E-state index in [1.54, 1.807) is 0 Å². The second-order valence-electron chi connectivity index (χ2n) is 4.27. The topological polar surface area (TPSA) is 58.0 Å². The van der Waals surface area contributed by atoms with Crippen LogP contribution in [0.5, 0.6) is 0 Å². The fraction of sp³-hybridized carbons (Fsp3) is 0.800. The molecule has 0 aliphatic heterocycles. The summed E-state index contributed by atoms with van der Waals surface area (Å²) in [7, 11) is 0. The average molecular weight is 262 g/mol. The maximum Gasteiger partial charge on any atom is 0.186 e. The predicted octanol–water partition coefficient (Wildman–Crippen LogP) is 2.40. The lowest BCUT2D eigenvalue weighted by molar-refractivity contribution is 0.141. The number of hydrogen-bond acceptors (Lipinski definition) is 5. The molecule has 2 unspecified atom stereocenters. The molecule has 0 bridgehead atoms. The van der Waals surface area contributed by atoms with Gasteiger partial charge in [0.25, 0.3) is 0 Å². The molecule has 90 valence electrons. The van der Waals surface area contributed by atoms with Crippen molar-refractivity contribution in [3.63, 3.8) is 0 Å². The summed E-state index contributed by atoms with van der Waals surface area (Å²) in [5, 5.41) is 13.0. The highest BCUT2D eigenvalue weighted by atomic mass is 35.5. The second-order valence-corrected chi connectivity index (χ2v) is 5.16. The number of aliphatic hydroxyl groups excluding tert-OH is 1. The van der Waals surface area contributed by atoms with E-state index in [2.05, 4.69) is 14.1 Å². The minimum absolute atomic E-state index is 0.287. The van der Waals surface area contributed by atoms with Gasteiger partial charge in [0.05, 0.1) is 11.7 Å². The SMILES string of the molecule is OCC1CCCCC1CNc1nsnc1Cl. The van der Waals surface area contributed by atoms with Crippen LogP contribution in [0, 0.1) is 11.8 Å². The van der Waals surface area contributed by atoms with E-state index in [1.165, 1.54) is 19.3 Å². The molecule has 1 aromatic rings. The van der Waals surface area contributed by atoms with Crippen LogP contribution in [0.15, 0.2) is 0 Å². The summed E-state index contributed by atoms with van der Waals surface area (Å²) in [6.45, 7) is 1.12. The zero-order valence-corrected chi connectivity index (χ0v) is 10.6. The Morgan fingerprint density at radius 2 is 2.06 bits per heavy atom. The summed E-state index contributed by atoms with van der Waals surface area (Å²) >= 11 is 6.97. The lowest BCUT2D eigenvalue weighted by Gasteiger charge is -2.30. The molecule has 1 aliphatic carbocycles. The number of nitrogens with one attached hydrogen (secondary N) is 1. The summed E-state index contributed by atoms with van der Waals surface area (Å²) in [5.41, 5.74) is 0. The Bertz CT molecular complexity index is 334. The van der Waals surface area contributed by atoms with Crippen LogP contribution in [0.4, 0.5) is 5.82 Å². The Morgan fingerprint density at radius 1 is 1.31 bits per heavy atom. The smallest absolute Gasteiger partial charge is 0.186 e. The summed E-state index contributed by atoms with van der Waals surface area (Å²) in [5.74, 6) is 1.62. The van der Waals surface area contributed by atoms with Gasteiger partial charge >= 0.3 is 0 Å². The lowest BCUT2D eigenvalue weighted by atomic mass is 9.80. The molecule has 1 saturated carbocycles. The van der Waals surface area contributed by atoms with Crippen molar-refractivity contribution in [2.45, 2.75) is 25.7 Å². The van der Waals surface area contributed by atoms with E-state index in [4.69, 9.17) is 11.6 Å². The number of anilines is 1. The van der Waals surface area contributed by atoms with Crippen molar-refractivity contribution < 1.29 is 5.11 Å². The minimum atomic E-state index is 0.287. The van der Waals surface area contributed by atoms with Crippen molar-refractivity contribution in [2.75, 3.05) is 18.5 Å². The highest BCUT2D eigenvalue weighted by Crippen LogP contribution is 2.30. The van der Waals surface area contributed by atoms with Crippen LogP contribution in [-0.2, 0) is 0 Å². The van der Waals surface area contributed by atoms with Crippen LogP contribution in [0.25, 0.3) is 0 Å². The zero-order valence-electron chi connectivity index (χ0n) is 9.03. The Morgan fingerprint density at radius 3 is 2.69 bits per heavy atom. The third kappa shape index (κ3) is 2.84. The number of rotatable bonds is 4. The first-order chi connectivity index (χ1) is 7.81. The van der Waals surface area contributed by atoms with Crippen LogP contribution >= 0.6 is 23.3 Å². The van der Waals surface area contributed by atoms with Gasteiger partial charge in [-0.1, -0.05) is 24.4 Å². The number of aromatic nitrogens is 2. The van der Waals surface area contributed by atoms with E-state index in [0.717, 1.165) is 24.7 Å². The first-order valence-electron chi connectivity index (χ1n) is 5.64. The predicted molar refractivity (Wildman–Crippen MR) is 65.9 cm³/mol. The van der Waals surface area contributed by atoms with E-state index in [0.29, 0.717) is 22.8 Å². The van der Waals surface area contributed by atoms with Crippen molar-refractivity contribution >= 4 is 29.1 Å². The molecule has 1 aromatic heterocycles. The highest BCUT2D eigenvalue weighted by Gasteiger charge is 2.24. The third-order valence-electron chi connectivity index (χ3n) is 3.28. The highest BCUT2D eigenvalue weighted by molar-refractivity contribution is 6.99. The van der Waals surface area contributed by atoms with E-state index in [9.17, 15) is 5.11 Å². The van der Waals surface area contributed by atoms with Crippen molar-refractivity contribution in [2.24, 2.45) is 11.8 Å². The Kier molecular flexibility index (Phi) is 4.37. The largest absolute Gasteiger partial charge is 0.396 e. The van der Waals surface area contributed by atoms with Crippen LogP contribution in [0.3, 0.4) is 0 Å². The van der Waals surface area contributed by atoms with Crippen molar-refractivity contribution in [3.05, 3.63) is 5.15 Å². The molecule has 0 saturated heterocycles. The van der Waals surface area contributed by atoms with E-state index in [-0.39, 0.29) is 6.61 Å². The van der Waals surface area contributed by atoms with Gasteiger partial charge in [0.15, 0.2) is 11.0 Å². The molecule has 6 heteroatoms. The first kappa shape index (κ1) is 12.1. The summed E-state index contributed by atoms with van der Waals surface area (Å²) in [6, 6.07) is 0. The molecule has 0 aromatic carbocycles. The Balaban J connectivity index is 1.86. The van der Waals surface area contributed by atoms with Gasteiger partial charge in [0.2, 0.25) is 0 Å². The van der Waals surface area contributed by atoms with Crippen LogP contribution in [0.1, 0.15) is 25.7 Å². The van der Waals surface area contributed by atoms with Crippen LogP contribution in [0.2, 0.25) is 5.15 Å². The zero-order chi connectivity index (χ0) is 11.4. The maximum absolute atomic E-state index is 9.29. The summed E-state index contributed by atoms with van der Waals surface area (Å²) in [6.07, 6.45) is 4.80. The molecule has 4 nitrogen and oxygen atoms in total. The van der Waals surface area contributed by atoms with E-state index >= 15 is 0 Å². The van der Waals surface area contributed by atoms with Gasteiger partial charge in [-0.05, 0) is 24.7 Å². The molecule has 1 heterocycles. The third-order valence-corrected chi connectivity index (χ3v) is 4.17. The van der Waals surface area contributed by atoms with Crippen LogP contribution in [-0.4, -0.2) is 27.0 Å². The van der Waals surface area contributed by atoms with Gasteiger partial charge in [-0.2, -0.15) is 8.75 Å². The standard InChI is InChI=1S/C10H16ClN3OS/c11-9-10(14-16-13-9)12-5-7-3-1-2-4-8(7)6-15/h7-8,15H,1-6H2,(H,12,14). The van der Waals surface area contributed by atoms with Gasteiger partial charge in [-0.3, -0.25) is 0 Å². The average Bonchev–Trinajstić information content (AvgIpc) is 2.72. The van der Waals surface area contributed by atoms with Gasteiger partial charge < -0.3 is 10.4 Å². The summed E-state index contributed by atoms with van der Waals surface area (Å²) in [4.78, 5) is 0. The monoisotopic (exact) mass is 261 g/mol. The fourth-order valence-electron chi connectivity index (χ4n) is 2.30. The molecule has 1 fully saturated rings.